The lowest BCUT2D eigenvalue weighted by Crippen LogP contribution is -2.40. The lowest BCUT2D eigenvalue weighted by Gasteiger charge is -2.36. The Labute approximate surface area is 124 Å². The number of anilines is 1. The zero-order valence-electron chi connectivity index (χ0n) is 10.5. The fourth-order valence-corrected chi connectivity index (χ4v) is 3.34. The Morgan fingerprint density at radius 3 is 2.61 bits per heavy atom. The molecule has 5 heteroatoms. The maximum Gasteiger partial charge on any atom is 0.135 e. The second-order valence-corrected chi connectivity index (χ2v) is 6.07. The van der Waals surface area contributed by atoms with Crippen LogP contribution in [-0.2, 0) is 4.74 Å². The monoisotopic (exact) mass is 377 g/mol. The number of ether oxygens (including phenoxy) is 2. The molecule has 1 aliphatic rings. The van der Waals surface area contributed by atoms with Crippen LogP contribution < -0.4 is 10.1 Å². The highest BCUT2D eigenvalue weighted by atomic mass is 79.9. The largest absolute Gasteiger partial charge is 0.495 e. The third-order valence-corrected chi connectivity index (χ3v) is 4.37. The molecular formula is C13H17Br2NO2. The summed E-state index contributed by atoms with van der Waals surface area (Å²) in [5, 5.41) is 3.51. The molecule has 18 heavy (non-hydrogen) atoms. The van der Waals surface area contributed by atoms with Gasteiger partial charge in [-0.3, -0.25) is 0 Å². The molecule has 1 aromatic rings. The van der Waals surface area contributed by atoms with Crippen LogP contribution in [-0.4, -0.2) is 25.9 Å². The summed E-state index contributed by atoms with van der Waals surface area (Å²) < 4.78 is 12.8. The van der Waals surface area contributed by atoms with Crippen molar-refractivity contribution < 1.29 is 9.47 Å². The van der Waals surface area contributed by atoms with Crippen LogP contribution in [0.3, 0.4) is 0 Å². The Kier molecular flexibility index (Phi) is 4.92. The molecule has 0 bridgehead atoms. The second-order valence-electron chi connectivity index (χ2n) is 4.36. The fraction of sp³-hybridized carbons (Fsp3) is 0.538. The van der Waals surface area contributed by atoms with Gasteiger partial charge in [0.1, 0.15) is 5.75 Å². The molecule has 0 spiro atoms. The van der Waals surface area contributed by atoms with Crippen LogP contribution in [0, 0.1) is 0 Å². The van der Waals surface area contributed by atoms with Crippen molar-refractivity contribution in [2.45, 2.75) is 31.9 Å². The smallest absolute Gasteiger partial charge is 0.135 e. The molecule has 0 aliphatic heterocycles. The van der Waals surface area contributed by atoms with Crippen molar-refractivity contribution in [3.63, 3.8) is 0 Å². The number of benzene rings is 1. The van der Waals surface area contributed by atoms with Crippen LogP contribution >= 0.6 is 31.9 Å². The summed E-state index contributed by atoms with van der Waals surface area (Å²) in [5.74, 6) is 0.835. The molecule has 0 radical (unpaired) electrons. The lowest BCUT2D eigenvalue weighted by atomic mass is 9.89. The molecule has 1 fully saturated rings. The molecule has 0 unspecified atom stereocenters. The third-order valence-electron chi connectivity index (χ3n) is 3.10. The maximum absolute atomic E-state index is 5.56. The van der Waals surface area contributed by atoms with E-state index in [4.69, 9.17) is 9.47 Å². The zero-order chi connectivity index (χ0) is 13.1. The summed E-state index contributed by atoms with van der Waals surface area (Å²) >= 11 is 7.02. The topological polar surface area (TPSA) is 30.5 Å². The van der Waals surface area contributed by atoms with Crippen molar-refractivity contribution in [1.29, 1.82) is 0 Å². The van der Waals surface area contributed by atoms with E-state index in [2.05, 4.69) is 37.2 Å². The van der Waals surface area contributed by atoms with Gasteiger partial charge in [0.25, 0.3) is 0 Å². The van der Waals surface area contributed by atoms with Crippen molar-refractivity contribution in [3.05, 3.63) is 21.1 Å². The van der Waals surface area contributed by atoms with Gasteiger partial charge in [-0.05, 0) is 57.7 Å². The predicted octanol–water partition coefficient (Wildman–Crippen LogP) is 4.20. The molecule has 0 heterocycles. The first kappa shape index (κ1) is 14.2. The van der Waals surface area contributed by atoms with E-state index in [9.17, 15) is 0 Å². The molecule has 0 aromatic heterocycles. The first-order chi connectivity index (χ1) is 8.63. The molecule has 1 saturated carbocycles. The van der Waals surface area contributed by atoms with Crippen LogP contribution in [0.1, 0.15) is 19.8 Å². The summed E-state index contributed by atoms with van der Waals surface area (Å²) in [4.78, 5) is 0. The molecule has 0 atom stereocenters. The first-order valence-corrected chi connectivity index (χ1v) is 7.63. The minimum Gasteiger partial charge on any atom is -0.495 e. The van der Waals surface area contributed by atoms with Crippen molar-refractivity contribution in [2.75, 3.05) is 19.0 Å². The van der Waals surface area contributed by atoms with Crippen molar-refractivity contribution in [1.82, 2.24) is 0 Å². The zero-order valence-corrected chi connectivity index (χ0v) is 13.7. The van der Waals surface area contributed by atoms with Gasteiger partial charge in [-0.2, -0.15) is 0 Å². The van der Waals surface area contributed by atoms with E-state index in [0.29, 0.717) is 12.1 Å². The highest BCUT2D eigenvalue weighted by Gasteiger charge is 2.29. The SMILES string of the molecule is CCOC1CC(Nc2cc(OC)c(Br)cc2Br)C1. The molecule has 1 aromatic carbocycles. The van der Waals surface area contributed by atoms with Crippen molar-refractivity contribution >= 4 is 37.5 Å². The Morgan fingerprint density at radius 1 is 1.28 bits per heavy atom. The fourth-order valence-electron chi connectivity index (χ4n) is 2.07. The highest BCUT2D eigenvalue weighted by Crippen LogP contribution is 2.36. The number of hydrogen-bond acceptors (Lipinski definition) is 3. The molecule has 100 valence electrons. The van der Waals surface area contributed by atoms with Crippen LogP contribution in [0.2, 0.25) is 0 Å². The Bertz CT molecular complexity index is 420. The van der Waals surface area contributed by atoms with Gasteiger partial charge in [0, 0.05) is 23.2 Å². The molecule has 0 saturated heterocycles. The third kappa shape index (κ3) is 3.19. The average Bonchev–Trinajstić information content (AvgIpc) is 2.29. The van der Waals surface area contributed by atoms with Gasteiger partial charge in [0.2, 0.25) is 0 Å². The van der Waals surface area contributed by atoms with Crippen LogP contribution in [0.4, 0.5) is 5.69 Å². The average molecular weight is 379 g/mol. The van der Waals surface area contributed by atoms with E-state index in [1.54, 1.807) is 7.11 Å². The quantitative estimate of drug-likeness (QED) is 0.832. The molecule has 2 rings (SSSR count). The number of halogens is 2. The van der Waals surface area contributed by atoms with Gasteiger partial charge in [0.15, 0.2) is 0 Å². The maximum atomic E-state index is 5.56. The molecule has 1 N–H and O–H groups in total. The van der Waals surface area contributed by atoms with Gasteiger partial charge in [-0.1, -0.05) is 0 Å². The van der Waals surface area contributed by atoms with Crippen molar-refractivity contribution in [2.24, 2.45) is 0 Å². The predicted molar refractivity (Wildman–Crippen MR) is 80.5 cm³/mol. The summed E-state index contributed by atoms with van der Waals surface area (Å²) in [6.45, 7) is 2.84. The lowest BCUT2D eigenvalue weighted by molar-refractivity contribution is 0.00298. The summed E-state index contributed by atoms with van der Waals surface area (Å²) in [6, 6.07) is 4.49. The number of methoxy groups -OCH3 is 1. The van der Waals surface area contributed by atoms with Crippen LogP contribution in [0.25, 0.3) is 0 Å². The van der Waals surface area contributed by atoms with Crippen LogP contribution in [0.5, 0.6) is 5.75 Å². The Balaban J connectivity index is 1.98. The molecule has 0 amide bonds. The minimum atomic E-state index is 0.420. The van der Waals surface area contributed by atoms with E-state index in [-0.39, 0.29) is 0 Å². The van der Waals surface area contributed by atoms with E-state index >= 15 is 0 Å². The summed E-state index contributed by atoms with van der Waals surface area (Å²) in [6.07, 6.45) is 2.56. The highest BCUT2D eigenvalue weighted by molar-refractivity contribution is 9.11. The van der Waals surface area contributed by atoms with Gasteiger partial charge in [0.05, 0.1) is 23.4 Å². The first-order valence-electron chi connectivity index (χ1n) is 6.05. The Hall–Kier alpha value is -0.260. The van der Waals surface area contributed by atoms with E-state index in [1.165, 1.54) is 0 Å². The molecule has 3 nitrogen and oxygen atoms in total. The summed E-state index contributed by atoms with van der Waals surface area (Å²) in [5.41, 5.74) is 1.06. The van der Waals surface area contributed by atoms with E-state index < -0.39 is 0 Å². The number of nitrogens with one attached hydrogen (secondary N) is 1. The molecular weight excluding hydrogens is 362 g/mol. The molecule has 1 aliphatic carbocycles. The second kappa shape index (κ2) is 6.26. The minimum absolute atomic E-state index is 0.420. The normalized spacial score (nSPS) is 22.4. The summed E-state index contributed by atoms with van der Waals surface area (Å²) in [7, 11) is 1.67. The van der Waals surface area contributed by atoms with Crippen LogP contribution in [0.15, 0.2) is 21.1 Å². The van der Waals surface area contributed by atoms with Crippen molar-refractivity contribution in [3.8, 4) is 5.75 Å². The number of hydrogen-bond donors (Lipinski definition) is 1. The number of rotatable bonds is 5. The standard InChI is InChI=1S/C13H17Br2NO2/c1-3-18-9-4-8(5-9)16-12-7-13(17-2)11(15)6-10(12)14/h6-9,16H,3-5H2,1-2H3. The Morgan fingerprint density at radius 2 is 2.00 bits per heavy atom. The van der Waals surface area contributed by atoms with Gasteiger partial charge in [-0.15, -0.1) is 0 Å². The van der Waals surface area contributed by atoms with E-state index in [1.807, 2.05) is 19.1 Å². The van der Waals surface area contributed by atoms with E-state index in [0.717, 1.165) is 39.8 Å². The van der Waals surface area contributed by atoms with Gasteiger partial charge >= 0.3 is 0 Å². The van der Waals surface area contributed by atoms with Gasteiger partial charge < -0.3 is 14.8 Å². The van der Waals surface area contributed by atoms with Gasteiger partial charge in [-0.25, -0.2) is 0 Å².